The third-order valence-corrected chi connectivity index (χ3v) is 4.51. The number of carbonyl (C=O) groups is 2. The molecule has 0 fully saturated rings. The number of hydrogen-bond donors (Lipinski definition) is 2. The predicted octanol–water partition coefficient (Wildman–Crippen LogP) is 3.86. The molecule has 2 amide bonds. The van der Waals surface area contributed by atoms with E-state index in [4.69, 9.17) is 23.2 Å². The van der Waals surface area contributed by atoms with Gasteiger partial charge in [0.15, 0.2) is 0 Å². The second-order valence-corrected chi connectivity index (χ2v) is 6.54. The topological polar surface area (TPSA) is 58.2 Å². The summed E-state index contributed by atoms with van der Waals surface area (Å²) in [6.07, 6.45) is 0.803. The lowest BCUT2D eigenvalue weighted by Crippen LogP contribution is -2.37. The molecule has 6 heteroatoms. The maximum absolute atomic E-state index is 12.0. The number of amides is 2. The number of nitrogens with one attached hydrogen (secondary N) is 2. The van der Waals surface area contributed by atoms with Gasteiger partial charge in [0.1, 0.15) is 0 Å². The van der Waals surface area contributed by atoms with E-state index >= 15 is 0 Å². The van der Waals surface area contributed by atoms with Gasteiger partial charge in [0.05, 0.1) is 10.0 Å². The van der Waals surface area contributed by atoms with E-state index < -0.39 is 0 Å². The summed E-state index contributed by atoms with van der Waals surface area (Å²) in [6.45, 7) is 2.26. The molecular formula is C19H20Cl2N2O2. The van der Waals surface area contributed by atoms with Crippen molar-refractivity contribution in [3.8, 4) is 0 Å². The highest BCUT2D eigenvalue weighted by molar-refractivity contribution is 6.42. The molecule has 0 aliphatic rings. The van der Waals surface area contributed by atoms with Crippen LogP contribution in [-0.2, 0) is 11.2 Å². The summed E-state index contributed by atoms with van der Waals surface area (Å²) in [4.78, 5) is 24.0. The van der Waals surface area contributed by atoms with Gasteiger partial charge in [0.25, 0.3) is 5.91 Å². The number of hydrogen-bond acceptors (Lipinski definition) is 2. The average Bonchev–Trinajstić information content (AvgIpc) is 2.59. The van der Waals surface area contributed by atoms with Crippen LogP contribution in [0, 0.1) is 0 Å². The highest BCUT2D eigenvalue weighted by Crippen LogP contribution is 2.25. The van der Waals surface area contributed by atoms with Crippen molar-refractivity contribution in [2.75, 3.05) is 6.54 Å². The summed E-state index contributed by atoms with van der Waals surface area (Å²) in [7, 11) is 0. The summed E-state index contributed by atoms with van der Waals surface area (Å²) in [5.74, 6) is -0.314. The van der Waals surface area contributed by atoms with Crippen molar-refractivity contribution < 1.29 is 9.59 Å². The van der Waals surface area contributed by atoms with Crippen LogP contribution in [0.25, 0.3) is 0 Å². The summed E-state index contributed by atoms with van der Waals surface area (Å²) < 4.78 is 0. The van der Waals surface area contributed by atoms with Gasteiger partial charge in [-0.15, -0.1) is 0 Å². The van der Waals surface area contributed by atoms with Crippen molar-refractivity contribution in [2.45, 2.75) is 25.8 Å². The smallest absolute Gasteiger partial charge is 0.251 e. The van der Waals surface area contributed by atoms with Crippen LogP contribution in [0.15, 0.2) is 48.5 Å². The molecule has 2 aromatic rings. The molecule has 0 radical (unpaired) electrons. The van der Waals surface area contributed by atoms with Crippen molar-refractivity contribution >= 4 is 35.0 Å². The highest BCUT2D eigenvalue weighted by Gasteiger charge is 2.13. The van der Waals surface area contributed by atoms with Crippen LogP contribution >= 0.6 is 23.2 Å². The standard InChI is InChI=1S/C19H20Cl2N2O2/c1-13(23-19(25)15-6-3-2-4-7-15)12-17(24)22-11-10-14-8-5-9-16(20)18(14)21/h2-9,13H,10-12H2,1H3,(H,22,24)(H,23,25). The Morgan fingerprint density at radius 2 is 1.76 bits per heavy atom. The van der Waals surface area contributed by atoms with Crippen molar-refractivity contribution in [1.29, 1.82) is 0 Å². The van der Waals surface area contributed by atoms with Gasteiger partial charge in [0, 0.05) is 24.6 Å². The lowest BCUT2D eigenvalue weighted by molar-refractivity contribution is -0.121. The van der Waals surface area contributed by atoms with Gasteiger partial charge in [-0.05, 0) is 37.1 Å². The molecule has 132 valence electrons. The molecule has 0 spiro atoms. The minimum atomic E-state index is -0.262. The Kier molecular flexibility index (Phi) is 7.29. The fourth-order valence-electron chi connectivity index (χ4n) is 2.38. The third-order valence-electron chi connectivity index (χ3n) is 3.65. The SMILES string of the molecule is CC(CC(=O)NCCc1cccc(Cl)c1Cl)NC(=O)c1ccccc1. The van der Waals surface area contributed by atoms with Gasteiger partial charge in [-0.25, -0.2) is 0 Å². The molecule has 0 bridgehead atoms. The molecule has 0 heterocycles. The molecule has 0 saturated heterocycles. The molecule has 2 N–H and O–H groups in total. The van der Waals surface area contributed by atoms with Crippen molar-refractivity contribution in [1.82, 2.24) is 10.6 Å². The van der Waals surface area contributed by atoms with E-state index in [0.717, 1.165) is 5.56 Å². The van der Waals surface area contributed by atoms with Crippen LogP contribution in [0.2, 0.25) is 10.0 Å². The Labute approximate surface area is 157 Å². The Morgan fingerprint density at radius 1 is 1.04 bits per heavy atom. The summed E-state index contributed by atoms with van der Waals surface area (Å²) in [5, 5.41) is 6.66. The van der Waals surface area contributed by atoms with E-state index in [1.54, 1.807) is 37.3 Å². The number of rotatable bonds is 7. The zero-order valence-corrected chi connectivity index (χ0v) is 15.4. The maximum atomic E-state index is 12.0. The first-order chi connectivity index (χ1) is 12.0. The van der Waals surface area contributed by atoms with Gasteiger partial charge in [-0.1, -0.05) is 53.5 Å². The minimum absolute atomic E-state index is 0.126. The highest BCUT2D eigenvalue weighted by atomic mass is 35.5. The molecule has 25 heavy (non-hydrogen) atoms. The number of halogens is 2. The van der Waals surface area contributed by atoms with Crippen molar-refractivity contribution in [2.24, 2.45) is 0 Å². The molecule has 0 aliphatic carbocycles. The van der Waals surface area contributed by atoms with Gasteiger partial charge in [-0.3, -0.25) is 9.59 Å². The van der Waals surface area contributed by atoms with Crippen molar-refractivity contribution in [3.05, 3.63) is 69.7 Å². The predicted molar refractivity (Wildman–Crippen MR) is 101 cm³/mol. The van der Waals surface area contributed by atoms with Gasteiger partial charge < -0.3 is 10.6 Å². The maximum Gasteiger partial charge on any atom is 0.251 e. The van der Waals surface area contributed by atoms with Gasteiger partial charge in [-0.2, -0.15) is 0 Å². The Bertz CT molecular complexity index is 735. The lowest BCUT2D eigenvalue weighted by atomic mass is 10.1. The largest absolute Gasteiger partial charge is 0.356 e. The number of benzene rings is 2. The zero-order valence-electron chi connectivity index (χ0n) is 13.9. The first kappa shape index (κ1) is 19.3. The van der Waals surface area contributed by atoms with Gasteiger partial charge >= 0.3 is 0 Å². The van der Waals surface area contributed by atoms with E-state index in [1.165, 1.54) is 0 Å². The third kappa shape index (κ3) is 6.07. The summed E-state index contributed by atoms with van der Waals surface area (Å²) in [6, 6.07) is 14.1. The molecule has 0 aliphatic heterocycles. The first-order valence-electron chi connectivity index (χ1n) is 8.03. The monoisotopic (exact) mass is 378 g/mol. The van der Waals surface area contributed by atoms with Gasteiger partial charge in [0.2, 0.25) is 5.91 Å². The van der Waals surface area contributed by atoms with E-state index in [9.17, 15) is 9.59 Å². The van der Waals surface area contributed by atoms with Crippen LogP contribution < -0.4 is 10.6 Å². The first-order valence-corrected chi connectivity index (χ1v) is 8.78. The van der Waals surface area contributed by atoms with Crippen LogP contribution in [0.1, 0.15) is 29.3 Å². The van der Waals surface area contributed by atoms with Crippen LogP contribution in [0.3, 0.4) is 0 Å². The Balaban J connectivity index is 1.74. The normalized spacial score (nSPS) is 11.6. The second-order valence-electron chi connectivity index (χ2n) is 5.76. The average molecular weight is 379 g/mol. The molecule has 0 saturated carbocycles. The molecule has 1 unspecified atom stereocenters. The van der Waals surface area contributed by atoms with E-state index in [1.807, 2.05) is 18.2 Å². The quantitative estimate of drug-likeness (QED) is 0.768. The van der Waals surface area contributed by atoms with Crippen LogP contribution in [-0.4, -0.2) is 24.4 Å². The molecule has 0 aromatic heterocycles. The second kappa shape index (κ2) is 9.44. The van der Waals surface area contributed by atoms with Crippen LogP contribution in [0.4, 0.5) is 0 Å². The zero-order chi connectivity index (χ0) is 18.2. The van der Waals surface area contributed by atoms with Crippen LogP contribution in [0.5, 0.6) is 0 Å². The van der Waals surface area contributed by atoms with E-state index in [0.29, 0.717) is 28.6 Å². The summed E-state index contributed by atoms with van der Waals surface area (Å²) in [5.41, 5.74) is 1.46. The molecule has 2 aromatic carbocycles. The molecule has 1 atom stereocenters. The molecule has 4 nitrogen and oxygen atoms in total. The summed E-state index contributed by atoms with van der Waals surface area (Å²) >= 11 is 12.1. The fraction of sp³-hybridized carbons (Fsp3) is 0.263. The lowest BCUT2D eigenvalue weighted by Gasteiger charge is -2.14. The Morgan fingerprint density at radius 3 is 2.48 bits per heavy atom. The fourth-order valence-corrected chi connectivity index (χ4v) is 2.79. The Hall–Kier alpha value is -2.04. The molecular weight excluding hydrogens is 359 g/mol. The number of carbonyl (C=O) groups excluding carboxylic acids is 2. The van der Waals surface area contributed by atoms with Crippen molar-refractivity contribution in [3.63, 3.8) is 0 Å². The minimum Gasteiger partial charge on any atom is -0.356 e. The van der Waals surface area contributed by atoms with E-state index in [2.05, 4.69) is 10.6 Å². The van der Waals surface area contributed by atoms with E-state index in [-0.39, 0.29) is 24.3 Å². The molecule has 2 rings (SSSR count).